The Hall–Kier alpha value is -2.00. The van der Waals surface area contributed by atoms with Crippen LogP contribution in [0.4, 0.5) is 13.2 Å². The van der Waals surface area contributed by atoms with Crippen molar-refractivity contribution in [3.8, 4) is 11.8 Å². The molecule has 6 heteroatoms. The van der Waals surface area contributed by atoms with Crippen molar-refractivity contribution in [1.82, 2.24) is 0 Å². The van der Waals surface area contributed by atoms with Gasteiger partial charge >= 0.3 is 12.1 Å². The van der Waals surface area contributed by atoms with Gasteiger partial charge in [0.1, 0.15) is 0 Å². The molecule has 1 aromatic carbocycles. The van der Waals surface area contributed by atoms with Crippen molar-refractivity contribution in [3.63, 3.8) is 0 Å². The van der Waals surface area contributed by atoms with Crippen LogP contribution >= 0.6 is 0 Å². The Labute approximate surface area is 101 Å². The normalized spacial score (nSPS) is 10.7. The zero-order valence-electron chi connectivity index (χ0n) is 9.21. The maximum atomic E-state index is 12.6. The van der Waals surface area contributed by atoms with Crippen LogP contribution in [-0.2, 0) is 6.18 Å². The molecule has 0 aromatic heterocycles. The average molecular weight is 257 g/mol. The molecule has 0 saturated carbocycles. The predicted octanol–water partition coefficient (Wildman–Crippen LogP) is 2.10. The van der Waals surface area contributed by atoms with Gasteiger partial charge in [-0.3, -0.25) is 0 Å². The number of carboxylic acids is 1. The summed E-state index contributed by atoms with van der Waals surface area (Å²) in [5, 5.41) is 8.68. The second-order valence-electron chi connectivity index (χ2n) is 3.40. The summed E-state index contributed by atoms with van der Waals surface area (Å²) in [7, 11) is 0. The van der Waals surface area contributed by atoms with E-state index in [-0.39, 0.29) is 5.56 Å². The molecule has 1 aromatic rings. The molecule has 18 heavy (non-hydrogen) atoms. The van der Waals surface area contributed by atoms with Gasteiger partial charge in [-0.05, 0) is 18.2 Å². The van der Waals surface area contributed by atoms with Crippen molar-refractivity contribution in [2.45, 2.75) is 12.6 Å². The van der Waals surface area contributed by atoms with Gasteiger partial charge in [0.15, 0.2) is 0 Å². The van der Waals surface area contributed by atoms with E-state index in [1.807, 2.05) is 0 Å². The standard InChI is InChI=1S/C12H10F3NO2/c13-12(14,15)10-7-8(3-1-2-6-16)4-5-9(10)11(17)18/h4-5,7H,2,6,16H2,(H,17,18). The van der Waals surface area contributed by atoms with E-state index in [2.05, 4.69) is 11.8 Å². The van der Waals surface area contributed by atoms with Crippen molar-refractivity contribution in [3.05, 3.63) is 34.9 Å². The first-order valence-corrected chi connectivity index (χ1v) is 4.99. The van der Waals surface area contributed by atoms with Gasteiger partial charge in [-0.25, -0.2) is 4.79 Å². The molecule has 3 nitrogen and oxygen atoms in total. The third kappa shape index (κ3) is 3.50. The van der Waals surface area contributed by atoms with Gasteiger partial charge in [0.05, 0.1) is 11.1 Å². The topological polar surface area (TPSA) is 63.3 Å². The quantitative estimate of drug-likeness (QED) is 0.797. The molecule has 1 rings (SSSR count). The maximum Gasteiger partial charge on any atom is 0.417 e. The molecule has 0 radical (unpaired) electrons. The molecule has 0 aliphatic rings. The van der Waals surface area contributed by atoms with Crippen LogP contribution in [0.15, 0.2) is 18.2 Å². The van der Waals surface area contributed by atoms with Gasteiger partial charge in [0.2, 0.25) is 0 Å². The van der Waals surface area contributed by atoms with E-state index in [1.54, 1.807) is 0 Å². The molecule has 0 spiro atoms. The van der Waals surface area contributed by atoms with Crippen LogP contribution in [0.3, 0.4) is 0 Å². The molecule has 0 amide bonds. The van der Waals surface area contributed by atoms with Crippen LogP contribution in [0.25, 0.3) is 0 Å². The predicted molar refractivity (Wildman–Crippen MR) is 59.0 cm³/mol. The summed E-state index contributed by atoms with van der Waals surface area (Å²) < 4.78 is 37.9. The first kappa shape index (κ1) is 14.1. The molecule has 0 aliphatic heterocycles. The molecule has 0 bridgehead atoms. The first-order valence-electron chi connectivity index (χ1n) is 4.99. The van der Waals surface area contributed by atoms with Crippen molar-refractivity contribution in [2.24, 2.45) is 5.73 Å². The lowest BCUT2D eigenvalue weighted by Gasteiger charge is -2.10. The highest BCUT2D eigenvalue weighted by Crippen LogP contribution is 2.32. The highest BCUT2D eigenvalue weighted by molar-refractivity contribution is 5.89. The molecule has 96 valence electrons. The van der Waals surface area contributed by atoms with E-state index in [9.17, 15) is 18.0 Å². The Morgan fingerprint density at radius 1 is 1.39 bits per heavy atom. The van der Waals surface area contributed by atoms with Gasteiger partial charge in [-0.15, -0.1) is 0 Å². The number of hydrogen-bond acceptors (Lipinski definition) is 2. The second kappa shape index (κ2) is 5.56. The minimum atomic E-state index is -4.72. The van der Waals surface area contributed by atoms with Crippen LogP contribution in [0, 0.1) is 11.8 Å². The molecule has 0 heterocycles. The van der Waals surface area contributed by atoms with Gasteiger partial charge in [-0.2, -0.15) is 13.2 Å². The Balaban J connectivity index is 3.23. The van der Waals surface area contributed by atoms with E-state index < -0.39 is 23.3 Å². The summed E-state index contributed by atoms with van der Waals surface area (Å²) in [6.07, 6.45) is -4.36. The zero-order chi connectivity index (χ0) is 13.8. The minimum Gasteiger partial charge on any atom is -0.478 e. The highest BCUT2D eigenvalue weighted by atomic mass is 19.4. The lowest BCUT2D eigenvalue weighted by molar-refractivity contribution is -0.138. The number of alkyl halides is 3. The number of halogens is 3. The van der Waals surface area contributed by atoms with Crippen LogP contribution < -0.4 is 5.73 Å². The number of nitrogens with two attached hydrogens (primary N) is 1. The van der Waals surface area contributed by atoms with Crippen molar-refractivity contribution >= 4 is 5.97 Å². The van der Waals surface area contributed by atoms with E-state index in [0.29, 0.717) is 13.0 Å². The molecule has 0 unspecified atom stereocenters. The fraction of sp³-hybridized carbons (Fsp3) is 0.250. The smallest absolute Gasteiger partial charge is 0.417 e. The maximum absolute atomic E-state index is 12.6. The van der Waals surface area contributed by atoms with Crippen LogP contribution in [0.2, 0.25) is 0 Å². The third-order valence-electron chi connectivity index (χ3n) is 2.06. The monoisotopic (exact) mass is 257 g/mol. The fourth-order valence-corrected chi connectivity index (χ4v) is 1.28. The molecule has 3 N–H and O–H groups in total. The summed E-state index contributed by atoms with van der Waals surface area (Å²) in [5.41, 5.74) is 3.32. The Morgan fingerprint density at radius 2 is 2.06 bits per heavy atom. The summed E-state index contributed by atoms with van der Waals surface area (Å²) in [6, 6.07) is 2.87. The largest absolute Gasteiger partial charge is 0.478 e. The number of benzene rings is 1. The summed E-state index contributed by atoms with van der Waals surface area (Å²) >= 11 is 0. The van der Waals surface area contributed by atoms with Crippen LogP contribution in [0.5, 0.6) is 0 Å². The lowest BCUT2D eigenvalue weighted by atomic mass is 10.0. The zero-order valence-corrected chi connectivity index (χ0v) is 9.21. The number of carboxylic acid groups (broad SMARTS) is 1. The van der Waals surface area contributed by atoms with E-state index in [1.165, 1.54) is 6.07 Å². The summed E-state index contributed by atoms with van der Waals surface area (Å²) in [6.45, 7) is 0.312. The van der Waals surface area contributed by atoms with Crippen LogP contribution in [0.1, 0.15) is 27.9 Å². The molecule has 0 atom stereocenters. The van der Waals surface area contributed by atoms with Crippen LogP contribution in [-0.4, -0.2) is 17.6 Å². The highest BCUT2D eigenvalue weighted by Gasteiger charge is 2.35. The average Bonchev–Trinajstić information content (AvgIpc) is 2.28. The Kier molecular flexibility index (Phi) is 4.34. The summed E-state index contributed by atoms with van der Waals surface area (Å²) in [4.78, 5) is 10.7. The molecule has 0 aliphatic carbocycles. The number of rotatable bonds is 2. The van der Waals surface area contributed by atoms with Gasteiger partial charge < -0.3 is 10.8 Å². The lowest BCUT2D eigenvalue weighted by Crippen LogP contribution is -2.13. The van der Waals surface area contributed by atoms with E-state index in [0.717, 1.165) is 12.1 Å². The Bertz CT molecular complexity index is 512. The third-order valence-corrected chi connectivity index (χ3v) is 2.06. The summed E-state index contributed by atoms with van der Waals surface area (Å²) in [5.74, 6) is 3.47. The van der Waals surface area contributed by atoms with Gasteiger partial charge in [-0.1, -0.05) is 11.8 Å². The number of hydrogen-bond donors (Lipinski definition) is 2. The van der Waals surface area contributed by atoms with Crippen molar-refractivity contribution < 1.29 is 23.1 Å². The molecular weight excluding hydrogens is 247 g/mol. The Morgan fingerprint density at radius 3 is 2.56 bits per heavy atom. The van der Waals surface area contributed by atoms with Gasteiger partial charge in [0, 0.05) is 18.5 Å². The minimum absolute atomic E-state index is 0.112. The van der Waals surface area contributed by atoms with E-state index in [4.69, 9.17) is 10.8 Å². The number of aromatic carboxylic acids is 1. The second-order valence-corrected chi connectivity index (χ2v) is 3.40. The molecule has 0 fully saturated rings. The SMILES string of the molecule is NCCC#Cc1ccc(C(=O)O)c(C(F)(F)F)c1. The van der Waals surface area contributed by atoms with Gasteiger partial charge in [0.25, 0.3) is 0 Å². The molecular formula is C12H10F3NO2. The van der Waals surface area contributed by atoms with E-state index >= 15 is 0 Å². The number of carbonyl (C=O) groups is 1. The van der Waals surface area contributed by atoms with Crippen molar-refractivity contribution in [1.29, 1.82) is 0 Å². The van der Waals surface area contributed by atoms with Crippen molar-refractivity contribution in [2.75, 3.05) is 6.54 Å². The first-order chi connectivity index (χ1) is 8.36. The fourth-order valence-electron chi connectivity index (χ4n) is 1.28. The molecule has 0 saturated heterocycles.